The van der Waals surface area contributed by atoms with Gasteiger partial charge in [0.2, 0.25) is 0 Å². The maximum absolute atomic E-state index is 12.9. The summed E-state index contributed by atoms with van der Waals surface area (Å²) in [5, 5.41) is 0. The first-order valence-electron chi connectivity index (χ1n) is 3.23. The van der Waals surface area contributed by atoms with Crippen molar-refractivity contribution in [2.75, 3.05) is 0 Å². The molecule has 0 amide bonds. The summed E-state index contributed by atoms with van der Waals surface area (Å²) >= 11 is 4.29. The zero-order chi connectivity index (χ0) is 8.01. The molecule has 5 heteroatoms. The molecule has 0 spiro atoms. The summed E-state index contributed by atoms with van der Waals surface area (Å²) in [6, 6.07) is 0. The monoisotopic (exact) mass is 378 g/mol. The largest absolute Gasteiger partial charge is 0.319 e. The summed E-state index contributed by atoms with van der Waals surface area (Å²) in [7, 11) is 0. The zero-order valence-electron chi connectivity index (χ0n) is 5.52. The van der Waals surface area contributed by atoms with Gasteiger partial charge in [0, 0.05) is 6.42 Å². The van der Waals surface area contributed by atoms with E-state index in [9.17, 15) is 4.39 Å². The van der Waals surface area contributed by atoms with Gasteiger partial charge in [-0.15, -0.1) is 0 Å². The van der Waals surface area contributed by atoms with E-state index in [0.717, 1.165) is 13.2 Å². The quantitative estimate of drug-likeness (QED) is 0.632. The summed E-state index contributed by atoms with van der Waals surface area (Å²) in [5.41, 5.74) is 1.06. The van der Waals surface area contributed by atoms with E-state index in [2.05, 4.69) is 50.2 Å². The highest BCUT2D eigenvalue weighted by Crippen LogP contribution is 2.25. The van der Waals surface area contributed by atoms with Crippen LogP contribution in [0.25, 0.3) is 0 Å². The minimum absolute atomic E-state index is 0.490. The first kappa shape index (κ1) is 8.21. The molecule has 60 valence electrons. The molecule has 1 aromatic rings. The van der Waals surface area contributed by atoms with Crippen LogP contribution in [0.15, 0.2) is 0 Å². The van der Waals surface area contributed by atoms with E-state index in [1.165, 1.54) is 0 Å². The van der Waals surface area contributed by atoms with Crippen molar-refractivity contribution in [3.63, 3.8) is 0 Å². The van der Waals surface area contributed by atoms with Gasteiger partial charge in [0.05, 0.1) is 12.2 Å². The molecular weight excluding hydrogens is 373 g/mol. The maximum Gasteiger partial charge on any atom is 0.172 e. The number of aromatic nitrogens is 2. The maximum atomic E-state index is 12.9. The van der Waals surface area contributed by atoms with Gasteiger partial charge in [-0.25, -0.2) is 9.37 Å². The number of rotatable bonds is 0. The van der Waals surface area contributed by atoms with E-state index in [0.29, 0.717) is 13.0 Å². The third kappa shape index (κ3) is 1.30. The number of hydrogen-bond donors (Lipinski definition) is 0. The Hall–Kier alpha value is 0.600. The van der Waals surface area contributed by atoms with Crippen molar-refractivity contribution in [1.29, 1.82) is 0 Å². The minimum Gasteiger partial charge on any atom is -0.319 e. The highest BCUT2D eigenvalue weighted by Gasteiger charge is 2.25. The number of fused-ring (bicyclic) bond motifs is 1. The van der Waals surface area contributed by atoms with Crippen LogP contribution in [0.2, 0.25) is 0 Å². The van der Waals surface area contributed by atoms with Crippen LogP contribution in [0.1, 0.15) is 5.69 Å². The first-order chi connectivity index (χ1) is 5.18. The summed E-state index contributed by atoms with van der Waals surface area (Å²) in [6.07, 6.45) is -0.163. The minimum atomic E-state index is -0.699. The lowest BCUT2D eigenvalue weighted by Crippen LogP contribution is -2.03. The van der Waals surface area contributed by atoms with Gasteiger partial charge in [-0.3, -0.25) is 0 Å². The van der Waals surface area contributed by atoms with Gasteiger partial charge in [-0.05, 0) is 45.2 Å². The first-order valence-corrected chi connectivity index (χ1v) is 5.38. The number of halogens is 3. The number of hydrogen-bond acceptors (Lipinski definition) is 1. The Morgan fingerprint density at radius 1 is 1.55 bits per heavy atom. The number of alkyl halides is 1. The molecule has 0 fully saturated rings. The van der Waals surface area contributed by atoms with Gasteiger partial charge in [0.1, 0.15) is 9.87 Å². The van der Waals surface area contributed by atoms with Crippen LogP contribution in [0, 0.1) is 7.53 Å². The Bertz CT molecular complexity index is 271. The Balaban J connectivity index is 2.51. The zero-order valence-corrected chi connectivity index (χ0v) is 9.83. The van der Waals surface area contributed by atoms with E-state index in [4.69, 9.17) is 0 Å². The third-order valence-electron chi connectivity index (χ3n) is 1.77. The second kappa shape index (κ2) is 2.82. The molecule has 11 heavy (non-hydrogen) atoms. The molecular formula is C6H5FI2N2. The van der Waals surface area contributed by atoms with Crippen molar-refractivity contribution in [3.8, 4) is 0 Å². The van der Waals surface area contributed by atoms with Crippen LogP contribution in [-0.2, 0) is 13.0 Å². The van der Waals surface area contributed by atoms with Crippen molar-refractivity contribution < 1.29 is 4.39 Å². The fourth-order valence-corrected chi connectivity index (χ4v) is 3.21. The molecule has 1 aliphatic heterocycles. The van der Waals surface area contributed by atoms with Crippen molar-refractivity contribution >= 4 is 45.2 Å². The highest BCUT2D eigenvalue weighted by molar-refractivity contribution is 14.1. The van der Waals surface area contributed by atoms with Gasteiger partial charge in [0.15, 0.2) is 3.83 Å². The third-order valence-corrected chi connectivity index (χ3v) is 3.46. The van der Waals surface area contributed by atoms with Crippen LogP contribution in [0.3, 0.4) is 0 Å². The predicted molar refractivity (Wildman–Crippen MR) is 56.3 cm³/mol. The molecule has 2 nitrogen and oxygen atoms in total. The smallest absolute Gasteiger partial charge is 0.172 e. The average molecular weight is 378 g/mol. The van der Waals surface area contributed by atoms with Gasteiger partial charge in [0.25, 0.3) is 0 Å². The molecule has 0 bridgehead atoms. The van der Waals surface area contributed by atoms with E-state index in [1.54, 1.807) is 0 Å². The van der Waals surface area contributed by atoms with Gasteiger partial charge in [-0.2, -0.15) is 0 Å². The molecule has 0 aromatic carbocycles. The Labute approximate surface area is 90.8 Å². The SMILES string of the molecule is F[C@@H]1Cc2c(I)nc(I)n2C1. The van der Waals surface area contributed by atoms with Crippen LogP contribution >= 0.6 is 45.2 Å². The molecule has 0 saturated heterocycles. The molecule has 0 unspecified atom stereocenters. The molecule has 0 saturated carbocycles. The lowest BCUT2D eigenvalue weighted by atomic mass is 10.3. The second-order valence-corrected chi connectivity index (χ2v) is 4.52. The molecule has 1 aromatic heterocycles. The number of nitrogens with zero attached hydrogens (tertiary/aromatic N) is 2. The van der Waals surface area contributed by atoms with Crippen LogP contribution in [0.4, 0.5) is 4.39 Å². The van der Waals surface area contributed by atoms with E-state index in [1.807, 2.05) is 4.57 Å². The van der Waals surface area contributed by atoms with Crippen molar-refractivity contribution in [3.05, 3.63) is 13.2 Å². The lowest BCUT2D eigenvalue weighted by Gasteiger charge is -1.95. The van der Waals surface area contributed by atoms with Gasteiger partial charge in [-0.1, -0.05) is 0 Å². The molecule has 0 N–H and O–H groups in total. The standard InChI is InChI=1S/C6H5FI2N2/c7-3-1-4-5(8)10-6(9)11(4)2-3/h3H,1-2H2/t3-/m1/s1. The molecule has 1 aliphatic rings. The van der Waals surface area contributed by atoms with E-state index < -0.39 is 6.17 Å². The summed E-state index contributed by atoms with van der Waals surface area (Å²) in [6.45, 7) is 0.490. The summed E-state index contributed by atoms with van der Waals surface area (Å²) in [5.74, 6) is 0. The van der Waals surface area contributed by atoms with Gasteiger partial charge >= 0.3 is 0 Å². The normalized spacial score (nSPS) is 22.3. The number of imidazole rings is 1. The second-order valence-electron chi connectivity index (χ2n) is 2.53. The lowest BCUT2D eigenvalue weighted by molar-refractivity contribution is 0.327. The van der Waals surface area contributed by atoms with Crippen molar-refractivity contribution in [2.24, 2.45) is 0 Å². The molecule has 2 rings (SSSR count). The topological polar surface area (TPSA) is 17.8 Å². The fraction of sp³-hybridized carbons (Fsp3) is 0.500. The Morgan fingerprint density at radius 2 is 2.27 bits per heavy atom. The predicted octanol–water partition coefficient (Wildman–Crippen LogP) is 1.99. The van der Waals surface area contributed by atoms with Crippen LogP contribution in [-0.4, -0.2) is 15.7 Å². The molecule has 0 radical (unpaired) electrons. The summed E-state index contributed by atoms with van der Waals surface area (Å²) < 4.78 is 16.7. The van der Waals surface area contributed by atoms with Crippen molar-refractivity contribution in [1.82, 2.24) is 9.55 Å². The Kier molecular flexibility index (Phi) is 2.11. The van der Waals surface area contributed by atoms with Crippen molar-refractivity contribution in [2.45, 2.75) is 19.1 Å². The molecule has 1 atom stereocenters. The summed E-state index contributed by atoms with van der Waals surface area (Å²) in [4.78, 5) is 4.24. The molecule has 2 heterocycles. The van der Waals surface area contributed by atoms with E-state index >= 15 is 0 Å². The van der Waals surface area contributed by atoms with Crippen LogP contribution < -0.4 is 0 Å². The van der Waals surface area contributed by atoms with Crippen LogP contribution in [0.5, 0.6) is 0 Å². The molecule has 0 aliphatic carbocycles. The Morgan fingerprint density at radius 3 is 2.91 bits per heavy atom. The van der Waals surface area contributed by atoms with E-state index in [-0.39, 0.29) is 0 Å². The van der Waals surface area contributed by atoms with Gasteiger partial charge < -0.3 is 4.57 Å². The average Bonchev–Trinajstić information content (AvgIpc) is 2.38. The highest BCUT2D eigenvalue weighted by atomic mass is 127. The fourth-order valence-electron chi connectivity index (χ4n) is 1.28.